The SMILES string of the molecule is C=CC(=O)Nc1cccc(-c2ccc(CC(N)=O)c3[nH]ccc23)c1C. The number of amides is 2. The van der Waals surface area contributed by atoms with Crippen LogP contribution in [-0.4, -0.2) is 16.8 Å². The molecule has 0 bridgehead atoms. The van der Waals surface area contributed by atoms with Gasteiger partial charge in [-0.3, -0.25) is 9.59 Å². The van der Waals surface area contributed by atoms with Crippen LogP contribution in [-0.2, 0) is 16.0 Å². The lowest BCUT2D eigenvalue weighted by Crippen LogP contribution is -2.13. The van der Waals surface area contributed by atoms with Crippen molar-refractivity contribution in [2.24, 2.45) is 5.73 Å². The van der Waals surface area contributed by atoms with Crippen LogP contribution in [0.15, 0.2) is 55.3 Å². The molecule has 1 heterocycles. The van der Waals surface area contributed by atoms with E-state index in [1.165, 1.54) is 6.08 Å². The second-order valence-corrected chi connectivity index (χ2v) is 5.85. The number of fused-ring (bicyclic) bond motifs is 1. The zero-order chi connectivity index (χ0) is 18.0. The van der Waals surface area contributed by atoms with E-state index in [0.29, 0.717) is 0 Å². The first-order valence-corrected chi connectivity index (χ1v) is 7.92. The number of primary amides is 1. The lowest BCUT2D eigenvalue weighted by Gasteiger charge is -2.14. The molecule has 0 saturated heterocycles. The number of nitrogens with two attached hydrogens (primary N) is 1. The molecule has 4 N–H and O–H groups in total. The number of aromatic nitrogens is 1. The number of anilines is 1. The molecule has 25 heavy (non-hydrogen) atoms. The van der Waals surface area contributed by atoms with E-state index in [1.54, 1.807) is 0 Å². The van der Waals surface area contributed by atoms with Crippen molar-refractivity contribution in [2.45, 2.75) is 13.3 Å². The largest absolute Gasteiger partial charge is 0.369 e. The number of hydrogen-bond donors (Lipinski definition) is 3. The van der Waals surface area contributed by atoms with Crippen molar-refractivity contribution in [1.29, 1.82) is 0 Å². The number of aromatic amines is 1. The number of carbonyl (C=O) groups is 2. The van der Waals surface area contributed by atoms with E-state index in [0.717, 1.165) is 38.8 Å². The maximum atomic E-state index is 11.6. The monoisotopic (exact) mass is 333 g/mol. The second kappa shape index (κ2) is 6.65. The quantitative estimate of drug-likeness (QED) is 0.626. The number of carbonyl (C=O) groups excluding carboxylic acids is 2. The Labute approximate surface area is 145 Å². The maximum absolute atomic E-state index is 11.6. The first-order chi connectivity index (χ1) is 12.0. The van der Waals surface area contributed by atoms with Crippen molar-refractivity contribution < 1.29 is 9.59 Å². The van der Waals surface area contributed by atoms with Crippen LogP contribution in [0.4, 0.5) is 5.69 Å². The van der Waals surface area contributed by atoms with Gasteiger partial charge in [0, 0.05) is 22.8 Å². The predicted octanol–water partition coefficient (Wildman–Crippen LogP) is 3.30. The fraction of sp³-hybridized carbons (Fsp3) is 0.100. The van der Waals surface area contributed by atoms with Gasteiger partial charge in [0.25, 0.3) is 0 Å². The molecule has 0 aliphatic rings. The summed E-state index contributed by atoms with van der Waals surface area (Å²) < 4.78 is 0. The summed E-state index contributed by atoms with van der Waals surface area (Å²) in [5.74, 6) is -0.613. The van der Waals surface area contributed by atoms with E-state index >= 15 is 0 Å². The molecule has 5 nitrogen and oxygen atoms in total. The van der Waals surface area contributed by atoms with Crippen molar-refractivity contribution in [2.75, 3.05) is 5.32 Å². The third-order valence-corrected chi connectivity index (χ3v) is 4.24. The Bertz CT molecular complexity index is 986. The molecule has 1 aromatic heterocycles. The van der Waals surface area contributed by atoms with Crippen LogP contribution in [0.1, 0.15) is 11.1 Å². The molecule has 126 valence electrons. The number of nitrogens with one attached hydrogen (secondary N) is 2. The minimum Gasteiger partial charge on any atom is -0.369 e. The summed E-state index contributed by atoms with van der Waals surface area (Å²) in [7, 11) is 0. The highest BCUT2D eigenvalue weighted by molar-refractivity contribution is 6.02. The normalized spacial score (nSPS) is 10.6. The Morgan fingerprint density at radius 2 is 2.00 bits per heavy atom. The smallest absolute Gasteiger partial charge is 0.247 e. The molecule has 0 aliphatic carbocycles. The van der Waals surface area contributed by atoms with Crippen LogP contribution < -0.4 is 11.1 Å². The Balaban J connectivity index is 2.13. The van der Waals surface area contributed by atoms with E-state index in [4.69, 9.17) is 5.73 Å². The van der Waals surface area contributed by atoms with Gasteiger partial charge in [0.1, 0.15) is 0 Å². The van der Waals surface area contributed by atoms with Crippen LogP contribution >= 0.6 is 0 Å². The molecule has 5 heteroatoms. The number of benzene rings is 2. The molecular weight excluding hydrogens is 314 g/mol. The minimum atomic E-state index is -0.367. The van der Waals surface area contributed by atoms with Crippen molar-refractivity contribution >= 4 is 28.4 Å². The highest BCUT2D eigenvalue weighted by Crippen LogP contribution is 2.34. The number of rotatable bonds is 5. The van der Waals surface area contributed by atoms with E-state index < -0.39 is 0 Å². The molecule has 0 spiro atoms. The van der Waals surface area contributed by atoms with Crippen LogP contribution in [0.25, 0.3) is 22.0 Å². The zero-order valence-corrected chi connectivity index (χ0v) is 13.9. The summed E-state index contributed by atoms with van der Waals surface area (Å²) in [6, 6.07) is 11.6. The van der Waals surface area contributed by atoms with Gasteiger partial charge >= 0.3 is 0 Å². The van der Waals surface area contributed by atoms with Crippen molar-refractivity contribution in [3.8, 4) is 11.1 Å². The van der Waals surface area contributed by atoms with Gasteiger partial charge in [0.2, 0.25) is 11.8 Å². The van der Waals surface area contributed by atoms with Crippen LogP contribution in [0.5, 0.6) is 0 Å². The van der Waals surface area contributed by atoms with Crippen molar-refractivity contribution in [3.05, 3.63) is 66.4 Å². The van der Waals surface area contributed by atoms with Gasteiger partial charge in [-0.1, -0.05) is 30.8 Å². The Kier molecular flexibility index (Phi) is 4.39. The summed E-state index contributed by atoms with van der Waals surface area (Å²) >= 11 is 0. The van der Waals surface area contributed by atoms with Gasteiger partial charge in [-0.2, -0.15) is 0 Å². The molecule has 2 amide bonds. The Hall–Kier alpha value is -3.34. The van der Waals surface area contributed by atoms with Gasteiger partial charge in [-0.05, 0) is 47.4 Å². The van der Waals surface area contributed by atoms with Crippen LogP contribution in [0, 0.1) is 6.92 Å². The average Bonchev–Trinajstić information content (AvgIpc) is 3.07. The molecule has 2 aromatic carbocycles. The molecule has 0 saturated carbocycles. The fourth-order valence-electron chi connectivity index (χ4n) is 3.03. The lowest BCUT2D eigenvalue weighted by molar-refractivity contribution is -0.117. The zero-order valence-electron chi connectivity index (χ0n) is 13.9. The van der Waals surface area contributed by atoms with E-state index in [9.17, 15) is 9.59 Å². The van der Waals surface area contributed by atoms with Gasteiger partial charge < -0.3 is 16.0 Å². The highest BCUT2D eigenvalue weighted by Gasteiger charge is 2.13. The Morgan fingerprint density at radius 1 is 1.20 bits per heavy atom. The number of H-pyrrole nitrogens is 1. The summed E-state index contributed by atoms with van der Waals surface area (Å²) in [5, 5.41) is 3.83. The van der Waals surface area contributed by atoms with E-state index in [2.05, 4.69) is 16.9 Å². The van der Waals surface area contributed by atoms with Gasteiger partial charge in [-0.15, -0.1) is 0 Å². The molecular formula is C20H19N3O2. The molecule has 0 unspecified atom stereocenters. The fourth-order valence-corrected chi connectivity index (χ4v) is 3.03. The molecule has 0 aliphatic heterocycles. The van der Waals surface area contributed by atoms with Gasteiger partial charge in [0.15, 0.2) is 0 Å². The molecule has 0 fully saturated rings. The maximum Gasteiger partial charge on any atom is 0.247 e. The minimum absolute atomic E-state index is 0.186. The molecule has 3 aromatic rings. The Morgan fingerprint density at radius 3 is 2.72 bits per heavy atom. The highest BCUT2D eigenvalue weighted by atomic mass is 16.1. The topological polar surface area (TPSA) is 88.0 Å². The van der Waals surface area contributed by atoms with Gasteiger partial charge in [0.05, 0.1) is 6.42 Å². The van der Waals surface area contributed by atoms with E-state index in [-0.39, 0.29) is 18.2 Å². The van der Waals surface area contributed by atoms with Gasteiger partial charge in [-0.25, -0.2) is 0 Å². The summed E-state index contributed by atoms with van der Waals surface area (Å²) in [6.07, 6.45) is 3.28. The van der Waals surface area contributed by atoms with Crippen molar-refractivity contribution in [1.82, 2.24) is 4.98 Å². The molecule has 3 rings (SSSR count). The lowest BCUT2D eigenvalue weighted by atomic mass is 9.94. The summed E-state index contributed by atoms with van der Waals surface area (Å²) in [4.78, 5) is 26.1. The standard InChI is InChI=1S/C20H19N3O2/c1-3-19(25)23-17-6-4-5-14(12(17)2)15-8-7-13(11-18(21)24)20-16(15)9-10-22-20/h3-10,22H,1,11H2,2H3,(H2,21,24)(H,23,25). The predicted molar refractivity (Wildman–Crippen MR) is 100 cm³/mol. The first-order valence-electron chi connectivity index (χ1n) is 7.92. The third kappa shape index (κ3) is 3.17. The van der Waals surface area contributed by atoms with Crippen LogP contribution in [0.2, 0.25) is 0 Å². The third-order valence-electron chi connectivity index (χ3n) is 4.24. The molecule has 0 atom stereocenters. The van der Waals surface area contributed by atoms with Crippen LogP contribution in [0.3, 0.4) is 0 Å². The summed E-state index contributed by atoms with van der Waals surface area (Å²) in [5.41, 5.74) is 10.8. The van der Waals surface area contributed by atoms with E-state index in [1.807, 2.05) is 49.5 Å². The second-order valence-electron chi connectivity index (χ2n) is 5.85. The number of hydrogen-bond acceptors (Lipinski definition) is 2. The summed E-state index contributed by atoms with van der Waals surface area (Å²) in [6.45, 7) is 5.44. The first kappa shape index (κ1) is 16.5. The average molecular weight is 333 g/mol. The molecule has 0 radical (unpaired) electrons. The van der Waals surface area contributed by atoms with Crippen molar-refractivity contribution in [3.63, 3.8) is 0 Å².